The molecule has 1 saturated carbocycles. The number of methoxy groups -OCH3 is 2. The standard InChI is InChI=1S/C13H25N3O2S/c1-10(9-12(17-2)18-3)15-16-13(19)14-11-7-5-4-6-8-11/h11-12H,4-9H2,1-3H3,(H2,14,16,19)/b15-10+. The zero-order valence-electron chi connectivity index (χ0n) is 12.1. The topological polar surface area (TPSA) is 54.9 Å². The van der Waals surface area contributed by atoms with Gasteiger partial charge >= 0.3 is 0 Å². The van der Waals surface area contributed by atoms with Gasteiger partial charge in [-0.3, -0.25) is 5.43 Å². The molecule has 0 heterocycles. The molecule has 19 heavy (non-hydrogen) atoms. The molecule has 0 unspecified atom stereocenters. The Hall–Kier alpha value is -0.720. The Morgan fingerprint density at radius 3 is 2.47 bits per heavy atom. The molecular weight excluding hydrogens is 262 g/mol. The fourth-order valence-corrected chi connectivity index (χ4v) is 2.37. The maximum Gasteiger partial charge on any atom is 0.187 e. The van der Waals surface area contributed by atoms with E-state index in [1.54, 1.807) is 14.2 Å². The number of rotatable bonds is 6. The smallest absolute Gasteiger partial charge is 0.187 e. The molecule has 0 aliphatic heterocycles. The SMILES string of the molecule is COC(C/C(C)=N/NC(=S)NC1CCCCC1)OC. The van der Waals surface area contributed by atoms with Gasteiger partial charge in [0.1, 0.15) is 0 Å². The fourth-order valence-electron chi connectivity index (χ4n) is 2.16. The average molecular weight is 287 g/mol. The first-order chi connectivity index (χ1) is 9.15. The Morgan fingerprint density at radius 2 is 1.89 bits per heavy atom. The molecule has 110 valence electrons. The Bertz CT molecular complexity index is 300. The molecule has 0 amide bonds. The quantitative estimate of drug-likeness (QED) is 0.339. The van der Waals surface area contributed by atoms with Crippen LogP contribution in [0.1, 0.15) is 45.4 Å². The van der Waals surface area contributed by atoms with Crippen LogP contribution in [-0.4, -0.2) is 37.4 Å². The van der Waals surface area contributed by atoms with E-state index < -0.39 is 0 Å². The lowest BCUT2D eigenvalue weighted by Gasteiger charge is -2.23. The zero-order valence-corrected chi connectivity index (χ0v) is 12.9. The van der Waals surface area contributed by atoms with E-state index >= 15 is 0 Å². The van der Waals surface area contributed by atoms with Crippen LogP contribution >= 0.6 is 12.2 Å². The summed E-state index contributed by atoms with van der Waals surface area (Å²) in [5.41, 5.74) is 3.77. The van der Waals surface area contributed by atoms with Crippen molar-refractivity contribution >= 4 is 23.0 Å². The summed E-state index contributed by atoms with van der Waals surface area (Å²) < 4.78 is 10.2. The van der Waals surface area contributed by atoms with Crippen molar-refractivity contribution in [2.24, 2.45) is 5.10 Å². The van der Waals surface area contributed by atoms with E-state index in [1.807, 2.05) is 6.92 Å². The van der Waals surface area contributed by atoms with E-state index in [4.69, 9.17) is 21.7 Å². The highest BCUT2D eigenvalue weighted by atomic mass is 32.1. The van der Waals surface area contributed by atoms with E-state index in [2.05, 4.69) is 15.8 Å². The molecule has 0 spiro atoms. The molecule has 0 radical (unpaired) electrons. The maximum absolute atomic E-state index is 5.23. The van der Waals surface area contributed by atoms with Gasteiger partial charge in [0, 0.05) is 32.4 Å². The first-order valence-corrected chi connectivity index (χ1v) is 7.21. The third-order valence-electron chi connectivity index (χ3n) is 3.28. The predicted molar refractivity (Wildman–Crippen MR) is 81.3 cm³/mol. The zero-order chi connectivity index (χ0) is 14.1. The molecule has 1 fully saturated rings. The van der Waals surface area contributed by atoms with Gasteiger partial charge in [0.15, 0.2) is 11.4 Å². The van der Waals surface area contributed by atoms with Gasteiger partial charge < -0.3 is 14.8 Å². The Kier molecular flexibility index (Phi) is 7.93. The van der Waals surface area contributed by atoms with Crippen molar-refractivity contribution in [3.05, 3.63) is 0 Å². The number of hydrogen-bond acceptors (Lipinski definition) is 4. The van der Waals surface area contributed by atoms with Gasteiger partial charge in [0.25, 0.3) is 0 Å². The van der Waals surface area contributed by atoms with Crippen LogP contribution in [0.15, 0.2) is 5.10 Å². The minimum Gasteiger partial charge on any atom is -0.359 e. The number of nitrogens with zero attached hydrogens (tertiary/aromatic N) is 1. The molecule has 1 aliphatic carbocycles. The van der Waals surface area contributed by atoms with Crippen molar-refractivity contribution in [2.45, 2.75) is 57.8 Å². The molecule has 5 nitrogen and oxygen atoms in total. The third kappa shape index (κ3) is 6.84. The van der Waals surface area contributed by atoms with E-state index in [9.17, 15) is 0 Å². The second kappa shape index (κ2) is 9.23. The lowest BCUT2D eigenvalue weighted by Crippen LogP contribution is -2.41. The average Bonchev–Trinajstić information content (AvgIpc) is 2.43. The minimum absolute atomic E-state index is 0.259. The lowest BCUT2D eigenvalue weighted by molar-refractivity contribution is -0.0959. The van der Waals surface area contributed by atoms with Crippen LogP contribution in [-0.2, 0) is 9.47 Å². The summed E-state index contributed by atoms with van der Waals surface area (Å²) in [4.78, 5) is 0. The van der Waals surface area contributed by atoms with Crippen LogP contribution < -0.4 is 10.7 Å². The van der Waals surface area contributed by atoms with Crippen molar-refractivity contribution in [3.8, 4) is 0 Å². The van der Waals surface area contributed by atoms with Gasteiger partial charge in [0.2, 0.25) is 0 Å². The van der Waals surface area contributed by atoms with Gasteiger partial charge in [-0.05, 0) is 32.0 Å². The highest BCUT2D eigenvalue weighted by Gasteiger charge is 2.13. The monoisotopic (exact) mass is 287 g/mol. The summed E-state index contributed by atoms with van der Waals surface area (Å²) in [6, 6.07) is 0.495. The van der Waals surface area contributed by atoms with E-state index in [-0.39, 0.29) is 6.29 Å². The molecule has 0 aromatic rings. The highest BCUT2D eigenvalue weighted by Crippen LogP contribution is 2.17. The number of nitrogens with one attached hydrogen (secondary N) is 2. The van der Waals surface area contributed by atoms with Crippen molar-refractivity contribution in [3.63, 3.8) is 0 Å². The summed E-state index contributed by atoms with van der Waals surface area (Å²) in [5.74, 6) is 0. The van der Waals surface area contributed by atoms with Crippen molar-refractivity contribution in [2.75, 3.05) is 14.2 Å². The van der Waals surface area contributed by atoms with E-state index in [1.165, 1.54) is 32.1 Å². The second-order valence-electron chi connectivity index (χ2n) is 4.87. The molecule has 6 heteroatoms. The molecule has 1 aliphatic rings. The van der Waals surface area contributed by atoms with Crippen LogP contribution in [0.3, 0.4) is 0 Å². The molecule has 0 atom stereocenters. The largest absolute Gasteiger partial charge is 0.359 e. The first kappa shape index (κ1) is 16.3. The maximum atomic E-state index is 5.23. The van der Waals surface area contributed by atoms with Crippen LogP contribution in [0.5, 0.6) is 0 Å². The number of hydrogen-bond donors (Lipinski definition) is 2. The summed E-state index contributed by atoms with van der Waals surface area (Å²) in [6.45, 7) is 1.92. The Labute approximate surface area is 121 Å². The molecule has 1 rings (SSSR count). The molecular formula is C13H25N3O2S. The normalized spacial score (nSPS) is 17.6. The Morgan fingerprint density at radius 1 is 1.26 bits per heavy atom. The first-order valence-electron chi connectivity index (χ1n) is 6.81. The highest BCUT2D eigenvalue weighted by molar-refractivity contribution is 7.80. The van der Waals surface area contributed by atoms with Gasteiger partial charge in [-0.15, -0.1) is 0 Å². The Balaban J connectivity index is 2.27. The molecule has 0 aromatic carbocycles. The van der Waals surface area contributed by atoms with Gasteiger partial charge in [-0.2, -0.15) is 5.10 Å². The molecule has 0 bridgehead atoms. The summed E-state index contributed by atoms with van der Waals surface area (Å²) >= 11 is 5.23. The molecule has 0 saturated heterocycles. The van der Waals surface area contributed by atoms with Crippen molar-refractivity contribution < 1.29 is 9.47 Å². The fraction of sp³-hybridized carbons (Fsp3) is 0.846. The van der Waals surface area contributed by atoms with Crippen LogP contribution in [0, 0.1) is 0 Å². The number of thiocarbonyl (C=S) groups is 1. The molecule has 2 N–H and O–H groups in total. The summed E-state index contributed by atoms with van der Waals surface area (Å²) in [7, 11) is 3.23. The van der Waals surface area contributed by atoms with Crippen molar-refractivity contribution in [1.29, 1.82) is 0 Å². The van der Waals surface area contributed by atoms with E-state index in [0.717, 1.165) is 5.71 Å². The summed E-state index contributed by atoms with van der Waals surface area (Å²) in [6.07, 6.45) is 6.65. The minimum atomic E-state index is -0.259. The van der Waals surface area contributed by atoms with Crippen LogP contribution in [0.2, 0.25) is 0 Å². The third-order valence-corrected chi connectivity index (χ3v) is 3.49. The summed E-state index contributed by atoms with van der Waals surface area (Å²) in [5, 5.41) is 8.13. The van der Waals surface area contributed by atoms with Gasteiger partial charge in [0.05, 0.1) is 0 Å². The van der Waals surface area contributed by atoms with Gasteiger partial charge in [-0.25, -0.2) is 0 Å². The van der Waals surface area contributed by atoms with Crippen molar-refractivity contribution in [1.82, 2.24) is 10.7 Å². The number of hydrazone groups is 1. The lowest BCUT2D eigenvalue weighted by atomic mass is 9.96. The number of ether oxygens (including phenoxy) is 2. The second-order valence-corrected chi connectivity index (χ2v) is 5.28. The van der Waals surface area contributed by atoms with Gasteiger partial charge in [-0.1, -0.05) is 19.3 Å². The molecule has 0 aromatic heterocycles. The van der Waals surface area contributed by atoms with Crippen LogP contribution in [0.4, 0.5) is 0 Å². The predicted octanol–water partition coefficient (Wildman–Crippen LogP) is 2.17. The van der Waals surface area contributed by atoms with Crippen LogP contribution in [0.25, 0.3) is 0 Å². The van der Waals surface area contributed by atoms with E-state index in [0.29, 0.717) is 17.6 Å².